The summed E-state index contributed by atoms with van der Waals surface area (Å²) >= 11 is 1.53. The summed E-state index contributed by atoms with van der Waals surface area (Å²) in [6.45, 7) is 2.12. The van der Waals surface area contributed by atoms with Gasteiger partial charge in [-0.3, -0.25) is 4.79 Å². The maximum Gasteiger partial charge on any atom is 0.229 e. The molecule has 3 aromatic rings. The van der Waals surface area contributed by atoms with Crippen molar-refractivity contribution in [3.8, 4) is 11.4 Å². The van der Waals surface area contributed by atoms with Crippen molar-refractivity contribution in [1.82, 2.24) is 14.5 Å². The number of benzene rings is 1. The second kappa shape index (κ2) is 6.90. The molecular weight excluding hydrogens is 360 g/mol. The number of fused-ring (bicyclic) bond motifs is 2. The summed E-state index contributed by atoms with van der Waals surface area (Å²) in [5, 5.41) is 3.72. The lowest BCUT2D eigenvalue weighted by Crippen LogP contribution is -2.30. The van der Waals surface area contributed by atoms with Gasteiger partial charge in [-0.2, -0.15) is 0 Å². The number of anilines is 1. The molecule has 1 aromatic carbocycles. The van der Waals surface area contributed by atoms with Gasteiger partial charge in [0.2, 0.25) is 5.91 Å². The molecular formula is C20H20N4O2S. The zero-order valence-electron chi connectivity index (χ0n) is 14.9. The molecule has 1 unspecified atom stereocenters. The van der Waals surface area contributed by atoms with Crippen molar-refractivity contribution < 1.29 is 9.53 Å². The number of nitrogens with one attached hydrogen (secondary N) is 1. The van der Waals surface area contributed by atoms with Gasteiger partial charge in [0, 0.05) is 42.8 Å². The molecule has 1 N–H and O–H groups in total. The van der Waals surface area contributed by atoms with E-state index in [9.17, 15) is 4.79 Å². The van der Waals surface area contributed by atoms with E-state index in [-0.39, 0.29) is 11.8 Å². The van der Waals surface area contributed by atoms with Crippen LogP contribution in [0.5, 0.6) is 0 Å². The van der Waals surface area contributed by atoms with Crippen molar-refractivity contribution in [2.45, 2.75) is 32.4 Å². The monoisotopic (exact) mass is 380 g/mol. The Bertz CT molecular complexity index is 956. The molecule has 5 rings (SSSR count). The smallest absolute Gasteiger partial charge is 0.229 e. The molecule has 1 atom stereocenters. The van der Waals surface area contributed by atoms with Crippen LogP contribution in [-0.2, 0) is 35.5 Å². The Morgan fingerprint density at radius 2 is 2.19 bits per heavy atom. The van der Waals surface area contributed by atoms with Gasteiger partial charge >= 0.3 is 0 Å². The number of hydrogen-bond donors (Lipinski definition) is 1. The highest BCUT2D eigenvalue weighted by Crippen LogP contribution is 2.30. The summed E-state index contributed by atoms with van der Waals surface area (Å²) in [7, 11) is 0. The predicted octanol–water partition coefficient (Wildman–Crippen LogP) is 3.28. The molecule has 2 aliphatic heterocycles. The molecule has 138 valence electrons. The number of carbonyl (C=O) groups excluding carboxylic acids is 1. The van der Waals surface area contributed by atoms with Crippen molar-refractivity contribution in [1.29, 1.82) is 0 Å². The minimum Gasteiger partial charge on any atom is -0.375 e. The van der Waals surface area contributed by atoms with E-state index in [0.29, 0.717) is 24.8 Å². The summed E-state index contributed by atoms with van der Waals surface area (Å²) < 4.78 is 7.69. The third-order valence-electron chi connectivity index (χ3n) is 5.22. The summed E-state index contributed by atoms with van der Waals surface area (Å²) in [5.74, 6) is 0.989. The first-order valence-corrected chi connectivity index (χ1v) is 10.1. The molecule has 4 heterocycles. The minimum atomic E-state index is -0.0463. The summed E-state index contributed by atoms with van der Waals surface area (Å²) in [6, 6.07) is 10.2. The molecule has 2 aliphatic rings. The first-order valence-electron chi connectivity index (χ1n) is 9.25. The second-order valence-corrected chi connectivity index (χ2v) is 8.04. The number of nitrogens with zero attached hydrogens (tertiary/aromatic N) is 3. The van der Waals surface area contributed by atoms with Crippen molar-refractivity contribution in [2.24, 2.45) is 5.92 Å². The van der Waals surface area contributed by atoms with E-state index in [1.54, 1.807) is 0 Å². The lowest BCUT2D eigenvalue weighted by molar-refractivity contribution is -0.120. The SMILES string of the molecule is O=C(Nc1nc2c(s1)COCC2)C1CCn2c(cnc2-c2ccccc2)C1. The normalized spacial score (nSPS) is 18.6. The number of amides is 1. The maximum atomic E-state index is 12.8. The Kier molecular flexibility index (Phi) is 4.26. The fraction of sp³-hybridized carbons (Fsp3) is 0.350. The molecule has 27 heavy (non-hydrogen) atoms. The largest absolute Gasteiger partial charge is 0.375 e. The highest BCUT2D eigenvalue weighted by Gasteiger charge is 2.28. The number of carbonyl (C=O) groups is 1. The number of rotatable bonds is 3. The number of ether oxygens (including phenoxy) is 1. The lowest BCUT2D eigenvalue weighted by atomic mass is 9.95. The van der Waals surface area contributed by atoms with Crippen LogP contribution in [0.4, 0.5) is 5.13 Å². The van der Waals surface area contributed by atoms with Gasteiger partial charge in [-0.1, -0.05) is 41.7 Å². The molecule has 7 heteroatoms. The number of hydrogen-bond acceptors (Lipinski definition) is 5. The van der Waals surface area contributed by atoms with E-state index < -0.39 is 0 Å². The second-order valence-electron chi connectivity index (χ2n) is 6.96. The third kappa shape index (κ3) is 3.17. The molecule has 0 fully saturated rings. The van der Waals surface area contributed by atoms with Gasteiger partial charge in [0.25, 0.3) is 0 Å². The van der Waals surface area contributed by atoms with E-state index in [2.05, 4.69) is 32.0 Å². The van der Waals surface area contributed by atoms with E-state index in [0.717, 1.165) is 47.0 Å². The van der Waals surface area contributed by atoms with Crippen LogP contribution in [0, 0.1) is 5.92 Å². The Balaban J connectivity index is 1.30. The van der Waals surface area contributed by atoms with Crippen LogP contribution in [0.2, 0.25) is 0 Å². The average Bonchev–Trinajstić information content (AvgIpc) is 3.31. The first kappa shape index (κ1) is 16.6. The van der Waals surface area contributed by atoms with Gasteiger partial charge in [-0.15, -0.1) is 0 Å². The van der Waals surface area contributed by atoms with Crippen LogP contribution in [0.1, 0.15) is 22.7 Å². The van der Waals surface area contributed by atoms with Crippen LogP contribution in [0.25, 0.3) is 11.4 Å². The molecule has 0 saturated carbocycles. The van der Waals surface area contributed by atoms with Crippen LogP contribution in [0.15, 0.2) is 36.5 Å². The van der Waals surface area contributed by atoms with Crippen LogP contribution < -0.4 is 5.32 Å². The third-order valence-corrected chi connectivity index (χ3v) is 6.21. The van der Waals surface area contributed by atoms with Crippen molar-refractivity contribution in [3.05, 3.63) is 52.8 Å². The number of thiazole rings is 1. The maximum absolute atomic E-state index is 12.8. The van der Waals surface area contributed by atoms with Crippen molar-refractivity contribution in [3.63, 3.8) is 0 Å². The molecule has 1 amide bonds. The van der Waals surface area contributed by atoms with Gasteiger partial charge in [-0.25, -0.2) is 9.97 Å². The molecule has 0 saturated heterocycles. The van der Waals surface area contributed by atoms with E-state index in [1.807, 2.05) is 24.4 Å². The van der Waals surface area contributed by atoms with Gasteiger partial charge in [0.05, 0.1) is 23.8 Å². The zero-order chi connectivity index (χ0) is 18.2. The van der Waals surface area contributed by atoms with E-state index in [4.69, 9.17) is 4.74 Å². The quantitative estimate of drug-likeness (QED) is 0.757. The Labute approximate surface area is 161 Å². The summed E-state index contributed by atoms with van der Waals surface area (Å²) in [5.41, 5.74) is 3.30. The standard InChI is InChI=1S/C20H20N4O2S/c25-19(23-20-22-16-7-9-26-12-17(16)27-20)14-6-8-24-15(10-14)11-21-18(24)13-4-2-1-3-5-13/h1-5,11,14H,6-10,12H2,(H,22,23,25). The van der Waals surface area contributed by atoms with E-state index in [1.165, 1.54) is 11.3 Å². The summed E-state index contributed by atoms with van der Waals surface area (Å²) in [6.07, 6.45) is 4.25. The lowest BCUT2D eigenvalue weighted by Gasteiger charge is -2.24. The average molecular weight is 380 g/mol. The van der Waals surface area contributed by atoms with Gasteiger partial charge in [-0.05, 0) is 6.42 Å². The zero-order valence-corrected chi connectivity index (χ0v) is 15.7. The van der Waals surface area contributed by atoms with Crippen LogP contribution >= 0.6 is 11.3 Å². The Hall–Kier alpha value is -2.51. The molecule has 2 aromatic heterocycles. The first-order chi connectivity index (χ1) is 13.3. The van der Waals surface area contributed by atoms with Crippen LogP contribution in [0.3, 0.4) is 0 Å². The molecule has 6 nitrogen and oxygen atoms in total. The van der Waals surface area contributed by atoms with E-state index >= 15 is 0 Å². The Morgan fingerprint density at radius 1 is 1.30 bits per heavy atom. The van der Waals surface area contributed by atoms with Gasteiger partial charge in [0.15, 0.2) is 5.13 Å². The van der Waals surface area contributed by atoms with Crippen molar-refractivity contribution in [2.75, 3.05) is 11.9 Å². The fourth-order valence-corrected chi connectivity index (χ4v) is 4.74. The topological polar surface area (TPSA) is 69.0 Å². The molecule has 0 bridgehead atoms. The van der Waals surface area contributed by atoms with Gasteiger partial charge in [0.1, 0.15) is 5.82 Å². The number of imidazole rings is 1. The van der Waals surface area contributed by atoms with Crippen molar-refractivity contribution >= 4 is 22.4 Å². The predicted molar refractivity (Wildman–Crippen MR) is 104 cm³/mol. The number of aromatic nitrogens is 3. The fourth-order valence-electron chi connectivity index (χ4n) is 3.79. The molecule has 0 aliphatic carbocycles. The highest BCUT2D eigenvalue weighted by molar-refractivity contribution is 7.15. The Morgan fingerprint density at radius 3 is 3.04 bits per heavy atom. The van der Waals surface area contributed by atoms with Gasteiger partial charge < -0.3 is 14.6 Å². The highest BCUT2D eigenvalue weighted by atomic mass is 32.1. The summed E-state index contributed by atoms with van der Waals surface area (Å²) in [4.78, 5) is 23.1. The molecule has 0 spiro atoms. The minimum absolute atomic E-state index is 0.0463. The molecule has 0 radical (unpaired) electrons. The van der Waals surface area contributed by atoms with Crippen LogP contribution in [-0.4, -0.2) is 27.0 Å².